The third kappa shape index (κ3) is 5.15. The van der Waals surface area contributed by atoms with Crippen LogP contribution in [0.15, 0.2) is 189 Å². The van der Waals surface area contributed by atoms with E-state index >= 15 is 0 Å². The van der Waals surface area contributed by atoms with Gasteiger partial charge in [-0.2, -0.15) is 0 Å². The van der Waals surface area contributed by atoms with Gasteiger partial charge in [-0.1, -0.05) is 121 Å². The Hall–Kier alpha value is -7.83. The fourth-order valence-electron chi connectivity index (χ4n) is 8.15. The van der Waals surface area contributed by atoms with Crippen molar-refractivity contribution in [1.82, 2.24) is 15.0 Å². The van der Waals surface area contributed by atoms with E-state index in [0.717, 1.165) is 105 Å². The van der Waals surface area contributed by atoms with Crippen LogP contribution in [0.25, 0.3) is 122 Å². The number of hydrogen-bond acceptors (Lipinski definition) is 6. The molecule has 0 atom stereocenters. The molecule has 4 heterocycles. The summed E-state index contributed by atoms with van der Waals surface area (Å²) in [5.74, 6) is 1.63. The van der Waals surface area contributed by atoms with Crippen molar-refractivity contribution >= 4 is 65.8 Å². The van der Waals surface area contributed by atoms with Crippen molar-refractivity contribution in [2.24, 2.45) is 0 Å². The third-order valence-corrected chi connectivity index (χ3v) is 10.9. The first-order chi connectivity index (χ1) is 28.2. The van der Waals surface area contributed by atoms with Crippen molar-refractivity contribution in [2.45, 2.75) is 0 Å². The van der Waals surface area contributed by atoms with Gasteiger partial charge in [0.2, 0.25) is 0 Å². The van der Waals surface area contributed by atoms with Gasteiger partial charge in [0.25, 0.3) is 0 Å². The summed E-state index contributed by atoms with van der Waals surface area (Å²) >= 11 is 0. The molecule has 0 saturated heterocycles. The van der Waals surface area contributed by atoms with Crippen molar-refractivity contribution in [1.29, 1.82) is 0 Å². The van der Waals surface area contributed by atoms with Gasteiger partial charge in [-0.25, -0.2) is 15.0 Å². The van der Waals surface area contributed by atoms with Crippen LogP contribution in [0.1, 0.15) is 0 Å². The molecule has 0 saturated carbocycles. The molecule has 0 aliphatic rings. The molecule has 0 radical (unpaired) electrons. The van der Waals surface area contributed by atoms with E-state index in [1.807, 2.05) is 78.9 Å². The molecule has 0 spiro atoms. The fraction of sp³-hybridized carbons (Fsp3) is 0. The zero-order chi connectivity index (χ0) is 37.5. The molecular formula is C51H29N3O3. The lowest BCUT2D eigenvalue weighted by Gasteiger charge is -2.10. The molecular weight excluding hydrogens is 703 g/mol. The molecule has 0 aliphatic carbocycles. The Morgan fingerprint density at radius 1 is 0.263 bits per heavy atom. The lowest BCUT2D eigenvalue weighted by atomic mass is 10.00. The Kier molecular flexibility index (Phi) is 6.83. The first kappa shape index (κ1) is 31.5. The minimum atomic E-state index is 0.539. The van der Waals surface area contributed by atoms with E-state index in [2.05, 4.69) is 97.1 Å². The van der Waals surface area contributed by atoms with Crippen LogP contribution >= 0.6 is 0 Å². The molecule has 0 fully saturated rings. The highest BCUT2D eigenvalue weighted by atomic mass is 16.3. The molecule has 6 heteroatoms. The zero-order valence-corrected chi connectivity index (χ0v) is 30.3. The van der Waals surface area contributed by atoms with Crippen LogP contribution in [0, 0.1) is 0 Å². The van der Waals surface area contributed by atoms with E-state index in [0.29, 0.717) is 17.5 Å². The lowest BCUT2D eigenvalue weighted by molar-refractivity contribution is 0.669. The van der Waals surface area contributed by atoms with Crippen molar-refractivity contribution < 1.29 is 13.3 Å². The van der Waals surface area contributed by atoms with E-state index in [4.69, 9.17) is 28.2 Å². The van der Waals surface area contributed by atoms with Crippen LogP contribution in [0.2, 0.25) is 0 Å². The minimum Gasteiger partial charge on any atom is -0.456 e. The molecule has 0 bridgehead atoms. The molecule has 266 valence electrons. The Morgan fingerprint density at radius 2 is 0.702 bits per heavy atom. The second-order valence-electron chi connectivity index (χ2n) is 14.4. The maximum absolute atomic E-state index is 6.51. The summed E-state index contributed by atoms with van der Waals surface area (Å²) in [5.41, 5.74) is 11.7. The van der Waals surface area contributed by atoms with Gasteiger partial charge in [0.1, 0.15) is 33.5 Å². The first-order valence-electron chi connectivity index (χ1n) is 18.9. The summed E-state index contributed by atoms with van der Waals surface area (Å²) in [5, 5.41) is 6.38. The number of benzene rings is 8. The van der Waals surface area contributed by atoms with Gasteiger partial charge in [0.15, 0.2) is 17.5 Å². The highest BCUT2D eigenvalue weighted by molar-refractivity contribution is 6.10. The smallest absolute Gasteiger partial charge is 0.164 e. The van der Waals surface area contributed by atoms with Gasteiger partial charge < -0.3 is 13.3 Å². The number of para-hydroxylation sites is 3. The maximum atomic E-state index is 6.51. The molecule has 0 unspecified atom stereocenters. The van der Waals surface area contributed by atoms with E-state index in [9.17, 15) is 0 Å². The van der Waals surface area contributed by atoms with Crippen LogP contribution in [0.5, 0.6) is 0 Å². The zero-order valence-electron chi connectivity index (χ0n) is 30.3. The number of aromatic nitrogens is 3. The molecule has 0 N–H and O–H groups in total. The van der Waals surface area contributed by atoms with E-state index in [1.54, 1.807) is 0 Å². The highest BCUT2D eigenvalue weighted by Gasteiger charge is 2.18. The van der Waals surface area contributed by atoms with E-state index < -0.39 is 0 Å². The topological polar surface area (TPSA) is 78.1 Å². The average Bonchev–Trinajstić information content (AvgIpc) is 3.97. The first-order valence-corrected chi connectivity index (χ1v) is 18.9. The van der Waals surface area contributed by atoms with Crippen LogP contribution < -0.4 is 0 Å². The highest BCUT2D eigenvalue weighted by Crippen LogP contribution is 2.39. The monoisotopic (exact) mass is 731 g/mol. The summed E-state index contributed by atoms with van der Waals surface area (Å²) in [6.07, 6.45) is 0. The van der Waals surface area contributed by atoms with Crippen LogP contribution in [-0.2, 0) is 0 Å². The van der Waals surface area contributed by atoms with Gasteiger partial charge in [-0.05, 0) is 71.3 Å². The van der Waals surface area contributed by atoms with Gasteiger partial charge >= 0.3 is 0 Å². The van der Waals surface area contributed by atoms with Crippen molar-refractivity contribution in [3.8, 4) is 56.4 Å². The Bertz CT molecular complexity index is 3540. The molecule has 4 aromatic heterocycles. The molecule has 12 rings (SSSR count). The predicted octanol–water partition coefficient (Wildman–Crippen LogP) is 13.9. The molecule has 12 aromatic rings. The number of furan rings is 3. The normalized spacial score (nSPS) is 11.9. The van der Waals surface area contributed by atoms with Gasteiger partial charge in [-0.3, -0.25) is 0 Å². The quantitative estimate of drug-likeness (QED) is 0.175. The van der Waals surface area contributed by atoms with Gasteiger partial charge in [0.05, 0.1) is 0 Å². The Balaban J connectivity index is 1.02. The summed E-state index contributed by atoms with van der Waals surface area (Å²) in [7, 11) is 0. The van der Waals surface area contributed by atoms with Crippen LogP contribution in [-0.4, -0.2) is 15.0 Å². The van der Waals surface area contributed by atoms with Gasteiger partial charge in [0, 0.05) is 54.6 Å². The van der Waals surface area contributed by atoms with Gasteiger partial charge in [-0.15, -0.1) is 0 Å². The Morgan fingerprint density at radius 3 is 1.37 bits per heavy atom. The molecule has 57 heavy (non-hydrogen) atoms. The molecule has 6 nitrogen and oxygen atoms in total. The van der Waals surface area contributed by atoms with Crippen LogP contribution in [0.4, 0.5) is 0 Å². The average molecular weight is 732 g/mol. The fourth-order valence-corrected chi connectivity index (χ4v) is 8.15. The van der Waals surface area contributed by atoms with Crippen LogP contribution in [0.3, 0.4) is 0 Å². The molecule has 0 aliphatic heterocycles. The number of nitrogens with zero attached hydrogens (tertiary/aromatic N) is 3. The second kappa shape index (κ2) is 12.3. The summed E-state index contributed by atoms with van der Waals surface area (Å²) in [6, 6.07) is 59.9. The third-order valence-electron chi connectivity index (χ3n) is 10.9. The largest absolute Gasteiger partial charge is 0.456 e. The lowest BCUT2D eigenvalue weighted by Crippen LogP contribution is -2.00. The van der Waals surface area contributed by atoms with E-state index in [1.165, 1.54) is 0 Å². The maximum Gasteiger partial charge on any atom is 0.164 e. The summed E-state index contributed by atoms with van der Waals surface area (Å²) < 4.78 is 19.2. The number of hydrogen-bond donors (Lipinski definition) is 0. The number of fused-ring (bicyclic) bond motifs is 9. The minimum absolute atomic E-state index is 0.539. The summed E-state index contributed by atoms with van der Waals surface area (Å²) in [4.78, 5) is 15.3. The SMILES string of the molecule is c1ccc(-c2ccc3c(c2)oc2cc(-c4nc(-c5cccc(-c6cccc7c6oc6ccccc67)c5)nc(-c5ccc6c(c5)oc5ccccc56)n4)ccc23)cc1. The van der Waals surface area contributed by atoms with Crippen molar-refractivity contribution in [2.75, 3.05) is 0 Å². The summed E-state index contributed by atoms with van der Waals surface area (Å²) in [6.45, 7) is 0. The predicted molar refractivity (Wildman–Crippen MR) is 229 cm³/mol. The Labute approximate surface area is 325 Å². The second-order valence-corrected chi connectivity index (χ2v) is 14.4. The van der Waals surface area contributed by atoms with E-state index in [-0.39, 0.29) is 0 Å². The van der Waals surface area contributed by atoms with Crippen molar-refractivity contribution in [3.63, 3.8) is 0 Å². The molecule has 8 aromatic carbocycles. The van der Waals surface area contributed by atoms with Crippen molar-refractivity contribution in [3.05, 3.63) is 176 Å². The number of rotatable bonds is 5. The molecule has 0 amide bonds. The standard InChI is InChI=1S/C51H29N3O3/c1-2-10-30(11-3-1)31-20-23-40-41-25-22-35(29-47(41)56-45(40)27-31)51-53-49(52-50(54-51)34-21-24-39-37-14-4-6-18-43(37)55-46(39)28-34)33-13-8-12-32(26-33)36-16-9-17-42-38-15-5-7-19-44(38)57-48(36)42/h1-29H.